The standard InChI is InChI=1S/C21H25N3O4.ClH/c1-27-18-12-16(21(26)24-10-8-15(22)9-11-24)17(13-19(18)28-2)23-20(25)14-6-4-3-5-7-14;/h3-7,12-13,15H,8-11,22H2,1-2H3,(H,23,25);1H. The molecule has 0 spiro atoms. The number of rotatable bonds is 5. The maximum absolute atomic E-state index is 13.2. The molecule has 0 saturated carbocycles. The minimum Gasteiger partial charge on any atom is -0.493 e. The van der Waals surface area contributed by atoms with Crippen LogP contribution < -0.4 is 20.5 Å². The molecule has 29 heavy (non-hydrogen) atoms. The number of anilines is 1. The minimum atomic E-state index is -0.303. The zero-order valence-corrected chi connectivity index (χ0v) is 17.3. The Morgan fingerprint density at radius 2 is 1.62 bits per heavy atom. The van der Waals surface area contributed by atoms with E-state index in [-0.39, 0.29) is 30.3 Å². The summed E-state index contributed by atoms with van der Waals surface area (Å²) in [6.07, 6.45) is 1.51. The van der Waals surface area contributed by atoms with Crippen LogP contribution in [0.2, 0.25) is 0 Å². The Morgan fingerprint density at radius 1 is 1.03 bits per heavy atom. The van der Waals surface area contributed by atoms with E-state index in [1.165, 1.54) is 14.2 Å². The number of nitrogens with one attached hydrogen (secondary N) is 1. The van der Waals surface area contributed by atoms with Gasteiger partial charge < -0.3 is 25.4 Å². The smallest absolute Gasteiger partial charge is 0.256 e. The first-order valence-electron chi connectivity index (χ1n) is 9.20. The third-order valence-electron chi connectivity index (χ3n) is 4.87. The lowest BCUT2D eigenvalue weighted by Crippen LogP contribution is -2.43. The van der Waals surface area contributed by atoms with Crippen molar-refractivity contribution < 1.29 is 19.1 Å². The number of ether oxygens (including phenoxy) is 2. The molecule has 0 atom stereocenters. The third kappa shape index (κ3) is 5.19. The van der Waals surface area contributed by atoms with Crippen LogP contribution in [-0.2, 0) is 0 Å². The number of likely N-dealkylation sites (tertiary alicyclic amines) is 1. The quantitative estimate of drug-likeness (QED) is 0.777. The molecule has 8 heteroatoms. The zero-order chi connectivity index (χ0) is 20.1. The summed E-state index contributed by atoms with van der Waals surface area (Å²) in [5.41, 5.74) is 7.19. The molecule has 1 heterocycles. The van der Waals surface area contributed by atoms with Gasteiger partial charge in [-0.3, -0.25) is 9.59 Å². The van der Waals surface area contributed by atoms with Gasteiger partial charge >= 0.3 is 0 Å². The minimum absolute atomic E-state index is 0. The van der Waals surface area contributed by atoms with E-state index in [4.69, 9.17) is 15.2 Å². The first-order valence-corrected chi connectivity index (χ1v) is 9.20. The molecule has 1 aliphatic rings. The lowest BCUT2D eigenvalue weighted by atomic mass is 10.0. The maximum Gasteiger partial charge on any atom is 0.256 e. The molecule has 1 aliphatic heterocycles. The lowest BCUT2D eigenvalue weighted by molar-refractivity contribution is 0.0715. The number of hydrogen-bond acceptors (Lipinski definition) is 5. The summed E-state index contributed by atoms with van der Waals surface area (Å²) in [5.74, 6) is 0.388. The summed E-state index contributed by atoms with van der Waals surface area (Å²) in [4.78, 5) is 27.5. The van der Waals surface area contributed by atoms with Crippen molar-refractivity contribution in [3.05, 3.63) is 53.6 Å². The monoisotopic (exact) mass is 419 g/mol. The molecule has 0 radical (unpaired) electrons. The molecule has 3 N–H and O–H groups in total. The fourth-order valence-corrected chi connectivity index (χ4v) is 3.22. The Morgan fingerprint density at radius 3 is 2.21 bits per heavy atom. The molecular formula is C21H26ClN3O4. The summed E-state index contributed by atoms with van der Waals surface area (Å²) in [6, 6.07) is 12.2. The number of hydrogen-bond donors (Lipinski definition) is 2. The summed E-state index contributed by atoms with van der Waals surface area (Å²) in [7, 11) is 3.02. The van der Waals surface area contributed by atoms with Crippen LogP contribution >= 0.6 is 12.4 Å². The van der Waals surface area contributed by atoms with Gasteiger partial charge in [0, 0.05) is 30.8 Å². The second-order valence-electron chi connectivity index (χ2n) is 6.70. The number of piperidine rings is 1. The van der Waals surface area contributed by atoms with Gasteiger partial charge in [0.25, 0.3) is 11.8 Å². The zero-order valence-electron chi connectivity index (χ0n) is 16.5. The normalized spacial score (nSPS) is 14.0. The van der Waals surface area contributed by atoms with Gasteiger partial charge in [0.05, 0.1) is 25.5 Å². The fourth-order valence-electron chi connectivity index (χ4n) is 3.22. The number of benzene rings is 2. The van der Waals surface area contributed by atoms with Gasteiger partial charge in [0.1, 0.15) is 0 Å². The molecule has 1 fully saturated rings. The number of methoxy groups -OCH3 is 2. The highest BCUT2D eigenvalue weighted by molar-refractivity contribution is 6.09. The number of halogens is 1. The van der Waals surface area contributed by atoms with E-state index < -0.39 is 0 Å². The topological polar surface area (TPSA) is 93.9 Å². The van der Waals surface area contributed by atoms with Crippen LogP contribution in [0.4, 0.5) is 5.69 Å². The first kappa shape index (κ1) is 22.5. The number of amides is 2. The average molecular weight is 420 g/mol. The van der Waals surface area contributed by atoms with Crippen molar-refractivity contribution in [3.8, 4) is 11.5 Å². The highest BCUT2D eigenvalue weighted by atomic mass is 35.5. The molecule has 0 aromatic heterocycles. The third-order valence-corrected chi connectivity index (χ3v) is 4.87. The van der Waals surface area contributed by atoms with Gasteiger partial charge in [0.15, 0.2) is 11.5 Å². The first-order chi connectivity index (χ1) is 13.5. The van der Waals surface area contributed by atoms with E-state index in [9.17, 15) is 9.59 Å². The number of carbonyl (C=O) groups is 2. The van der Waals surface area contributed by atoms with E-state index >= 15 is 0 Å². The predicted octanol–water partition coefficient (Wildman–Crippen LogP) is 2.94. The fraction of sp³-hybridized carbons (Fsp3) is 0.333. The van der Waals surface area contributed by atoms with E-state index in [0.717, 1.165) is 12.8 Å². The second-order valence-corrected chi connectivity index (χ2v) is 6.70. The van der Waals surface area contributed by atoms with Crippen LogP contribution in [0.5, 0.6) is 11.5 Å². The molecule has 2 amide bonds. The van der Waals surface area contributed by atoms with E-state index in [2.05, 4.69) is 5.32 Å². The van der Waals surface area contributed by atoms with Crippen molar-refractivity contribution in [3.63, 3.8) is 0 Å². The van der Waals surface area contributed by atoms with E-state index in [0.29, 0.717) is 41.4 Å². The number of nitrogens with zero attached hydrogens (tertiary/aromatic N) is 1. The van der Waals surface area contributed by atoms with Crippen molar-refractivity contribution >= 4 is 29.9 Å². The molecule has 0 bridgehead atoms. The van der Waals surface area contributed by atoms with Gasteiger partial charge in [0.2, 0.25) is 0 Å². The molecule has 2 aromatic rings. The van der Waals surface area contributed by atoms with E-state index in [1.807, 2.05) is 6.07 Å². The lowest BCUT2D eigenvalue weighted by Gasteiger charge is -2.31. The highest BCUT2D eigenvalue weighted by Gasteiger charge is 2.26. The van der Waals surface area contributed by atoms with Gasteiger partial charge in [-0.05, 0) is 31.0 Å². The Hall–Kier alpha value is -2.77. The van der Waals surface area contributed by atoms with Crippen molar-refractivity contribution in [1.82, 2.24) is 4.90 Å². The van der Waals surface area contributed by atoms with E-state index in [1.54, 1.807) is 41.3 Å². The van der Waals surface area contributed by atoms with Crippen molar-refractivity contribution in [2.75, 3.05) is 32.6 Å². The Bertz CT molecular complexity index is 853. The molecule has 3 rings (SSSR count). The van der Waals surface area contributed by atoms with Gasteiger partial charge in [-0.2, -0.15) is 0 Å². The molecule has 1 saturated heterocycles. The van der Waals surface area contributed by atoms with Crippen LogP contribution in [0.15, 0.2) is 42.5 Å². The summed E-state index contributed by atoms with van der Waals surface area (Å²) >= 11 is 0. The van der Waals surface area contributed by atoms with Crippen LogP contribution in [0.1, 0.15) is 33.6 Å². The Labute approximate surface area is 176 Å². The average Bonchev–Trinajstić information content (AvgIpc) is 2.74. The molecule has 0 aliphatic carbocycles. The number of carbonyl (C=O) groups excluding carboxylic acids is 2. The molecular weight excluding hydrogens is 394 g/mol. The van der Waals surface area contributed by atoms with Crippen molar-refractivity contribution in [2.45, 2.75) is 18.9 Å². The molecule has 2 aromatic carbocycles. The summed E-state index contributed by atoms with van der Waals surface area (Å²) in [5, 5.41) is 2.83. The van der Waals surface area contributed by atoms with Crippen LogP contribution in [-0.4, -0.2) is 50.1 Å². The largest absolute Gasteiger partial charge is 0.493 e. The molecule has 7 nitrogen and oxygen atoms in total. The van der Waals surface area contributed by atoms with Crippen molar-refractivity contribution in [2.24, 2.45) is 5.73 Å². The van der Waals surface area contributed by atoms with Crippen LogP contribution in [0, 0.1) is 0 Å². The summed E-state index contributed by atoms with van der Waals surface area (Å²) < 4.78 is 10.7. The van der Waals surface area contributed by atoms with Gasteiger partial charge in [-0.15, -0.1) is 12.4 Å². The Kier molecular flexibility index (Phi) is 7.87. The Balaban J connectivity index is 0.00000300. The van der Waals surface area contributed by atoms with Crippen LogP contribution in [0.25, 0.3) is 0 Å². The van der Waals surface area contributed by atoms with Crippen molar-refractivity contribution in [1.29, 1.82) is 0 Å². The van der Waals surface area contributed by atoms with Gasteiger partial charge in [-0.1, -0.05) is 18.2 Å². The molecule has 156 valence electrons. The number of nitrogens with two attached hydrogens (primary N) is 1. The second kappa shape index (κ2) is 10.1. The SMILES string of the molecule is COc1cc(NC(=O)c2ccccc2)c(C(=O)N2CCC(N)CC2)cc1OC.Cl. The summed E-state index contributed by atoms with van der Waals surface area (Å²) in [6.45, 7) is 1.17. The maximum atomic E-state index is 13.2. The highest BCUT2D eigenvalue weighted by Crippen LogP contribution is 2.34. The molecule has 0 unspecified atom stereocenters. The predicted molar refractivity (Wildman–Crippen MR) is 114 cm³/mol. The van der Waals surface area contributed by atoms with Crippen LogP contribution in [0.3, 0.4) is 0 Å². The van der Waals surface area contributed by atoms with Gasteiger partial charge in [-0.25, -0.2) is 0 Å².